The number of cyclic esters (lactones) is 1. The molecule has 0 aromatic heterocycles. The number of likely N-dealkylation sites (tertiary alicyclic amines) is 1. The summed E-state index contributed by atoms with van der Waals surface area (Å²) in [5, 5.41) is 11.2. The fourth-order valence-corrected chi connectivity index (χ4v) is 7.99. The summed E-state index contributed by atoms with van der Waals surface area (Å²) in [6, 6.07) is 13.7. The van der Waals surface area contributed by atoms with Crippen molar-refractivity contribution in [3.8, 4) is 0 Å². The van der Waals surface area contributed by atoms with Crippen LogP contribution in [-0.4, -0.2) is 88.6 Å². The van der Waals surface area contributed by atoms with Crippen LogP contribution in [0.4, 0.5) is 5.69 Å². The van der Waals surface area contributed by atoms with Crippen molar-refractivity contribution in [3.05, 3.63) is 89.5 Å². The first kappa shape index (κ1) is 34.9. The molecule has 3 amide bonds. The summed E-state index contributed by atoms with van der Waals surface area (Å²) in [4.78, 5) is 62.1. The topological polar surface area (TPSA) is 117 Å². The Morgan fingerprint density at radius 3 is 2.39 bits per heavy atom. The smallest absolute Gasteiger partial charge is 0.313 e. The number of anilines is 1. The third-order valence-corrected chi connectivity index (χ3v) is 10.6. The van der Waals surface area contributed by atoms with Crippen LogP contribution in [0.15, 0.2) is 78.9 Å². The van der Waals surface area contributed by atoms with Crippen molar-refractivity contribution < 1.29 is 33.8 Å². The van der Waals surface area contributed by atoms with E-state index in [9.17, 15) is 19.5 Å². The van der Waals surface area contributed by atoms with Gasteiger partial charge in [0.2, 0.25) is 11.8 Å². The number of benzene rings is 2. The molecular formula is C38H44ClN3O7. The van der Waals surface area contributed by atoms with Gasteiger partial charge in [-0.2, -0.15) is 0 Å². The number of rotatable bonds is 6. The molecule has 1 spiro atoms. The Bertz CT molecular complexity index is 1630. The molecule has 0 saturated carbocycles. The van der Waals surface area contributed by atoms with E-state index in [1.165, 1.54) is 4.90 Å². The van der Waals surface area contributed by atoms with E-state index in [0.717, 1.165) is 0 Å². The summed E-state index contributed by atoms with van der Waals surface area (Å²) >= 11 is 6.22. The number of halogens is 1. The summed E-state index contributed by atoms with van der Waals surface area (Å²) in [5.74, 6) is -3.63. The van der Waals surface area contributed by atoms with Gasteiger partial charge in [0.15, 0.2) is 0 Å². The molecule has 4 heterocycles. The lowest BCUT2D eigenvalue weighted by Crippen LogP contribution is -2.59. The molecule has 6 rings (SSSR count). The van der Waals surface area contributed by atoms with Gasteiger partial charge in [-0.15, -0.1) is 0 Å². The zero-order valence-electron chi connectivity index (χ0n) is 28.3. The maximum atomic E-state index is 15.0. The molecule has 0 radical (unpaired) electrons. The van der Waals surface area contributed by atoms with E-state index in [0.29, 0.717) is 29.1 Å². The molecule has 4 aliphatic rings. The van der Waals surface area contributed by atoms with Gasteiger partial charge >= 0.3 is 5.97 Å². The van der Waals surface area contributed by atoms with Crippen LogP contribution in [0.3, 0.4) is 0 Å². The van der Waals surface area contributed by atoms with Crippen molar-refractivity contribution >= 4 is 41.0 Å². The number of hydrogen-bond acceptors (Lipinski definition) is 7. The maximum Gasteiger partial charge on any atom is 0.313 e. The molecule has 260 valence electrons. The van der Waals surface area contributed by atoms with Gasteiger partial charge in [-0.1, -0.05) is 80.1 Å². The number of fused-ring (bicyclic) bond motifs is 2. The average Bonchev–Trinajstić information content (AvgIpc) is 3.74. The second-order valence-corrected chi connectivity index (χ2v) is 14.3. The summed E-state index contributed by atoms with van der Waals surface area (Å²) in [5.41, 5.74) is -0.203. The lowest BCUT2D eigenvalue weighted by molar-refractivity contribution is -0.164. The molecule has 49 heavy (non-hydrogen) atoms. The highest BCUT2D eigenvalue weighted by Gasteiger charge is 2.74. The number of aliphatic hydroxyl groups is 1. The molecule has 2 saturated heterocycles. The zero-order chi connectivity index (χ0) is 35.0. The summed E-state index contributed by atoms with van der Waals surface area (Å²) in [7, 11) is 1.70. The van der Waals surface area contributed by atoms with E-state index < -0.39 is 65.6 Å². The van der Waals surface area contributed by atoms with Crippen molar-refractivity contribution in [1.29, 1.82) is 0 Å². The van der Waals surface area contributed by atoms with Gasteiger partial charge in [0, 0.05) is 30.7 Å². The van der Waals surface area contributed by atoms with Gasteiger partial charge in [-0.25, -0.2) is 0 Å². The largest absolute Gasteiger partial charge is 0.455 e. The molecule has 4 aliphatic heterocycles. The highest BCUT2D eigenvalue weighted by molar-refractivity contribution is 6.30. The predicted octanol–water partition coefficient (Wildman–Crippen LogP) is 4.71. The first-order valence-electron chi connectivity index (χ1n) is 17.0. The third kappa shape index (κ3) is 6.30. The maximum absolute atomic E-state index is 15.0. The number of hydrogen-bond donors (Lipinski definition) is 1. The van der Waals surface area contributed by atoms with Crippen LogP contribution in [0, 0.1) is 17.8 Å². The first-order valence-corrected chi connectivity index (χ1v) is 17.4. The monoisotopic (exact) mass is 689 g/mol. The van der Waals surface area contributed by atoms with E-state index in [4.69, 9.17) is 21.1 Å². The van der Waals surface area contributed by atoms with Gasteiger partial charge in [-0.3, -0.25) is 19.2 Å². The standard InChI is InChI=1S/C38H44ClN3O7/c1-23(2)21-28(22-43)42-34-36(46)41(27-16-14-26(39)15-17-27)20-10-6-9-13-30(44)40(4)24(3)33(25-11-7-5-8-12-25)48-37(47)31-29-18-19-38(34,49-29)32(31)35(42)45/h5-8,10-12,14-19,23-24,28-29,31-34,43H,9,13,20-22H2,1-4H3/b10-6-/t24-,28-,29+,31-,32-,33+,34+,38-/m1/s1. The summed E-state index contributed by atoms with van der Waals surface area (Å²) < 4.78 is 12.9. The number of carbonyl (C=O) groups excluding carboxylic acids is 4. The Morgan fingerprint density at radius 2 is 1.71 bits per heavy atom. The number of allylic oxidation sites excluding steroid dienone is 1. The molecule has 10 nitrogen and oxygen atoms in total. The Kier molecular flexibility index (Phi) is 10.0. The minimum Gasteiger partial charge on any atom is -0.455 e. The van der Waals surface area contributed by atoms with Crippen LogP contribution in [0.25, 0.3) is 0 Å². The predicted molar refractivity (Wildman–Crippen MR) is 184 cm³/mol. The summed E-state index contributed by atoms with van der Waals surface area (Å²) in [6.07, 6.45) is 6.64. The minimum absolute atomic E-state index is 0.0980. The van der Waals surface area contributed by atoms with Crippen LogP contribution < -0.4 is 4.90 Å². The molecule has 2 fully saturated rings. The molecule has 11 heteroatoms. The van der Waals surface area contributed by atoms with Crippen LogP contribution in [0.1, 0.15) is 51.7 Å². The highest BCUT2D eigenvalue weighted by Crippen LogP contribution is 2.56. The number of esters is 1. The number of carbonyl (C=O) groups is 4. The molecule has 8 atom stereocenters. The van der Waals surface area contributed by atoms with Crippen molar-refractivity contribution in [2.24, 2.45) is 17.8 Å². The molecule has 2 aromatic rings. The summed E-state index contributed by atoms with van der Waals surface area (Å²) in [6.45, 7) is 5.59. The van der Waals surface area contributed by atoms with E-state index in [-0.39, 0.29) is 31.4 Å². The van der Waals surface area contributed by atoms with Gasteiger partial charge in [0.1, 0.15) is 23.7 Å². The number of aliphatic hydroxyl groups excluding tert-OH is 1. The fourth-order valence-electron chi connectivity index (χ4n) is 7.86. The van der Waals surface area contributed by atoms with Crippen molar-refractivity contribution in [2.45, 2.75) is 76.0 Å². The lowest BCUT2D eigenvalue weighted by Gasteiger charge is -2.39. The molecular weight excluding hydrogens is 646 g/mol. The van der Waals surface area contributed by atoms with Crippen LogP contribution >= 0.6 is 11.6 Å². The second kappa shape index (κ2) is 14.1. The quantitative estimate of drug-likeness (QED) is 0.345. The Morgan fingerprint density at radius 1 is 1.00 bits per heavy atom. The van der Waals surface area contributed by atoms with Crippen molar-refractivity contribution in [3.63, 3.8) is 0 Å². The number of amides is 3. The van der Waals surface area contributed by atoms with Crippen LogP contribution in [0.5, 0.6) is 0 Å². The first-order chi connectivity index (χ1) is 23.5. The number of likely N-dealkylation sites (N-methyl/N-ethyl adjacent to an activating group) is 1. The SMILES string of the molecule is CC(C)C[C@H](CO)N1C(=O)[C@H]2[C@@H]3C(=O)O[C@H](c4ccccc4)[C@@H](C)N(C)C(=O)CC/C=C\CN(c4ccc(Cl)cc4)C(=O)[C@H]1[C@@]21C=C[C@@H]3O1. The Hall–Kier alpha value is -3.99. The number of ether oxygens (including phenoxy) is 2. The molecule has 0 unspecified atom stereocenters. The van der Waals surface area contributed by atoms with Gasteiger partial charge < -0.3 is 29.3 Å². The fraction of sp³-hybridized carbons (Fsp3) is 0.474. The average molecular weight is 690 g/mol. The van der Waals surface area contributed by atoms with E-state index in [1.54, 1.807) is 53.3 Å². The zero-order valence-corrected chi connectivity index (χ0v) is 29.0. The van der Waals surface area contributed by atoms with Gasteiger partial charge in [0.25, 0.3) is 5.91 Å². The Labute approximate surface area is 292 Å². The van der Waals surface area contributed by atoms with Crippen molar-refractivity contribution in [2.75, 3.05) is 25.1 Å². The lowest BCUT2D eigenvalue weighted by atomic mass is 9.74. The van der Waals surface area contributed by atoms with Gasteiger partial charge in [0.05, 0.1) is 30.7 Å². The van der Waals surface area contributed by atoms with E-state index in [1.807, 2.05) is 63.3 Å². The third-order valence-electron chi connectivity index (χ3n) is 10.4. The molecule has 2 aromatic carbocycles. The van der Waals surface area contributed by atoms with E-state index >= 15 is 4.79 Å². The van der Waals surface area contributed by atoms with Gasteiger partial charge in [-0.05, 0) is 55.5 Å². The molecule has 5 bridgehead atoms. The molecule has 1 N–H and O–H groups in total. The van der Waals surface area contributed by atoms with E-state index in [2.05, 4.69) is 0 Å². The van der Waals surface area contributed by atoms with Crippen LogP contribution in [0.2, 0.25) is 5.02 Å². The normalized spacial score (nSPS) is 31.8. The van der Waals surface area contributed by atoms with Crippen molar-refractivity contribution in [1.82, 2.24) is 9.80 Å². The second-order valence-electron chi connectivity index (χ2n) is 13.9. The highest BCUT2D eigenvalue weighted by atomic mass is 35.5. The Balaban J connectivity index is 1.49. The number of nitrogens with zero attached hydrogens (tertiary/aromatic N) is 3. The molecule has 0 aliphatic carbocycles. The van der Waals surface area contributed by atoms with Crippen LogP contribution in [-0.2, 0) is 28.7 Å². The minimum atomic E-state index is -1.46.